The Labute approximate surface area is 223 Å². The van der Waals surface area contributed by atoms with Gasteiger partial charge in [-0.1, -0.05) is 103 Å². The Bertz CT molecular complexity index is 1780. The first-order valence-electron chi connectivity index (χ1n) is 12.9. The lowest BCUT2D eigenvalue weighted by Gasteiger charge is -2.27. The first-order chi connectivity index (χ1) is 18.8. The molecule has 38 heavy (non-hydrogen) atoms. The number of hydrogen-bond acceptors (Lipinski definition) is 1. The van der Waals surface area contributed by atoms with Crippen LogP contribution in [-0.2, 0) is 0 Å². The molecule has 7 aromatic rings. The van der Waals surface area contributed by atoms with Gasteiger partial charge in [-0.2, -0.15) is 0 Å². The van der Waals surface area contributed by atoms with Crippen molar-refractivity contribution in [1.29, 1.82) is 0 Å². The van der Waals surface area contributed by atoms with Gasteiger partial charge in [0, 0.05) is 10.8 Å². The van der Waals surface area contributed by atoms with Gasteiger partial charge in [0.15, 0.2) is 5.75 Å². The summed E-state index contributed by atoms with van der Waals surface area (Å²) in [7, 11) is -2.54. The summed E-state index contributed by atoms with van der Waals surface area (Å²) in [4.78, 5) is 0. The maximum atomic E-state index is 7.65. The third-order valence-corrected chi connectivity index (χ3v) is 10.8. The highest BCUT2D eigenvalue weighted by molar-refractivity contribution is 7.92. The molecular weight excluding hydrogens is 479 g/mol. The topological polar surface area (TPSA) is 9.23 Å². The summed E-state index contributed by atoms with van der Waals surface area (Å²) in [6.45, 7) is 0. The van der Waals surface area contributed by atoms with Gasteiger partial charge in [0.25, 0.3) is 7.49 Å². The van der Waals surface area contributed by atoms with Crippen molar-refractivity contribution in [3.63, 3.8) is 0 Å². The van der Waals surface area contributed by atoms with Crippen molar-refractivity contribution in [2.24, 2.45) is 0 Å². The SMILES string of the molecule is c1ccc([P+](Oc2c3ccccc3cc3cc4ccccc4cc23)(c2ccccc2)c2ccccc2)cc1. The van der Waals surface area contributed by atoms with Gasteiger partial charge in [0.05, 0.1) is 0 Å². The van der Waals surface area contributed by atoms with Crippen LogP contribution in [0.25, 0.3) is 32.3 Å². The molecule has 0 saturated carbocycles. The predicted octanol–water partition coefficient (Wildman–Crippen LogP) is 8.43. The fraction of sp³-hybridized carbons (Fsp3) is 0. The van der Waals surface area contributed by atoms with Crippen LogP contribution in [0.1, 0.15) is 0 Å². The number of benzene rings is 7. The molecule has 0 aromatic heterocycles. The monoisotopic (exact) mass is 505 g/mol. The molecule has 0 bridgehead atoms. The van der Waals surface area contributed by atoms with Crippen molar-refractivity contribution in [1.82, 2.24) is 0 Å². The van der Waals surface area contributed by atoms with Crippen molar-refractivity contribution in [2.45, 2.75) is 0 Å². The zero-order valence-corrected chi connectivity index (χ0v) is 21.8. The van der Waals surface area contributed by atoms with Crippen molar-refractivity contribution >= 4 is 55.7 Å². The Kier molecular flexibility index (Phi) is 5.65. The molecule has 0 amide bonds. The third kappa shape index (κ3) is 3.76. The summed E-state index contributed by atoms with van der Waals surface area (Å²) in [5, 5.41) is 10.6. The summed E-state index contributed by atoms with van der Waals surface area (Å²) in [6.07, 6.45) is 0. The van der Waals surface area contributed by atoms with Crippen LogP contribution in [0.2, 0.25) is 0 Å². The molecule has 0 atom stereocenters. The third-order valence-electron chi connectivity index (χ3n) is 7.27. The van der Waals surface area contributed by atoms with Gasteiger partial charge < -0.3 is 4.52 Å². The van der Waals surface area contributed by atoms with Crippen LogP contribution in [0.15, 0.2) is 158 Å². The van der Waals surface area contributed by atoms with Crippen LogP contribution < -0.4 is 20.4 Å². The van der Waals surface area contributed by atoms with Crippen LogP contribution in [0.5, 0.6) is 5.75 Å². The second kappa shape index (κ2) is 9.45. The standard InChI is InChI=1S/C36H26OP/c1-4-17-31(18-5-1)38(32-19-6-2-7-20-32,33-21-8-3-9-22-33)37-36-34-23-13-12-16-29(34)25-30-24-27-14-10-11-15-28(27)26-35(30)36/h1-26H/q+1. The molecule has 0 fully saturated rings. The van der Waals surface area contributed by atoms with Crippen LogP contribution in [0, 0.1) is 0 Å². The smallest absolute Gasteiger partial charge is 0.287 e. The first-order valence-corrected chi connectivity index (χ1v) is 14.6. The van der Waals surface area contributed by atoms with E-state index in [1.54, 1.807) is 0 Å². The Morgan fingerprint density at radius 3 is 1.32 bits per heavy atom. The highest BCUT2D eigenvalue weighted by Gasteiger charge is 2.50. The molecule has 1 nitrogen and oxygen atoms in total. The highest BCUT2D eigenvalue weighted by Crippen LogP contribution is 2.58. The van der Waals surface area contributed by atoms with E-state index in [9.17, 15) is 0 Å². The molecule has 2 heteroatoms. The molecule has 0 aliphatic rings. The molecule has 7 rings (SSSR count). The highest BCUT2D eigenvalue weighted by atomic mass is 31.2. The van der Waals surface area contributed by atoms with E-state index in [1.807, 2.05) is 0 Å². The van der Waals surface area contributed by atoms with Crippen LogP contribution in [0.4, 0.5) is 0 Å². The number of fused-ring (bicyclic) bond motifs is 3. The van der Waals surface area contributed by atoms with E-state index in [0.717, 1.165) is 16.5 Å². The molecule has 0 aliphatic carbocycles. The van der Waals surface area contributed by atoms with E-state index in [2.05, 4.69) is 158 Å². The molecular formula is C36H26OP+. The molecule has 0 aliphatic heterocycles. The van der Waals surface area contributed by atoms with Gasteiger partial charge >= 0.3 is 0 Å². The molecule has 0 heterocycles. The quantitative estimate of drug-likeness (QED) is 0.168. The zero-order chi connectivity index (χ0) is 25.4. The van der Waals surface area contributed by atoms with Crippen LogP contribution in [-0.4, -0.2) is 0 Å². The minimum Gasteiger partial charge on any atom is -0.333 e. The number of rotatable bonds is 5. The summed E-state index contributed by atoms with van der Waals surface area (Å²) >= 11 is 0. The summed E-state index contributed by atoms with van der Waals surface area (Å²) in [5.41, 5.74) is 0. The van der Waals surface area contributed by atoms with Crippen LogP contribution in [0.3, 0.4) is 0 Å². The van der Waals surface area contributed by atoms with Crippen molar-refractivity contribution in [3.05, 3.63) is 158 Å². The lowest BCUT2D eigenvalue weighted by molar-refractivity contribution is 0.635. The van der Waals surface area contributed by atoms with E-state index in [0.29, 0.717) is 0 Å². The lowest BCUT2D eigenvalue weighted by atomic mass is 9.99. The van der Waals surface area contributed by atoms with E-state index >= 15 is 0 Å². The first kappa shape index (κ1) is 22.7. The molecule has 7 aromatic carbocycles. The second-order valence-electron chi connectivity index (χ2n) is 9.55. The van der Waals surface area contributed by atoms with E-state index in [-0.39, 0.29) is 0 Å². The zero-order valence-electron chi connectivity index (χ0n) is 20.9. The minimum absolute atomic E-state index is 0.939. The van der Waals surface area contributed by atoms with Crippen LogP contribution >= 0.6 is 7.49 Å². The summed E-state index contributed by atoms with van der Waals surface area (Å²) < 4.78 is 7.65. The van der Waals surface area contributed by atoms with Gasteiger partial charge in [-0.25, -0.2) is 0 Å². The minimum atomic E-state index is -2.54. The fourth-order valence-corrected chi connectivity index (χ4v) is 8.93. The Morgan fingerprint density at radius 2 is 0.763 bits per heavy atom. The van der Waals surface area contributed by atoms with E-state index in [4.69, 9.17) is 4.52 Å². The molecule has 0 N–H and O–H groups in total. The largest absolute Gasteiger partial charge is 0.333 e. The van der Waals surface area contributed by atoms with Gasteiger partial charge in [0.1, 0.15) is 15.9 Å². The second-order valence-corrected chi connectivity index (χ2v) is 12.5. The molecule has 0 radical (unpaired) electrons. The normalized spacial score (nSPS) is 11.7. The predicted molar refractivity (Wildman–Crippen MR) is 165 cm³/mol. The van der Waals surface area contributed by atoms with Crippen molar-refractivity contribution < 1.29 is 4.52 Å². The average Bonchev–Trinajstić information content (AvgIpc) is 3.00. The lowest BCUT2D eigenvalue weighted by Crippen LogP contribution is -2.34. The van der Waals surface area contributed by atoms with Gasteiger partial charge in [-0.05, 0) is 76.1 Å². The maximum absolute atomic E-state index is 7.65. The fourth-order valence-electron chi connectivity index (χ4n) is 5.47. The van der Waals surface area contributed by atoms with Gasteiger partial charge in [-0.15, -0.1) is 0 Å². The Morgan fingerprint density at radius 1 is 0.342 bits per heavy atom. The van der Waals surface area contributed by atoms with E-state index < -0.39 is 7.49 Å². The maximum Gasteiger partial charge on any atom is 0.287 e. The van der Waals surface area contributed by atoms with E-state index in [1.165, 1.54) is 37.5 Å². The Hall–Kier alpha value is -4.45. The van der Waals surface area contributed by atoms with Crippen molar-refractivity contribution in [2.75, 3.05) is 0 Å². The summed E-state index contributed by atoms with van der Waals surface area (Å²) in [6, 6.07) is 56.3. The molecule has 0 saturated heterocycles. The van der Waals surface area contributed by atoms with Gasteiger partial charge in [-0.3, -0.25) is 0 Å². The Balaban J connectivity index is 1.61. The summed E-state index contributed by atoms with van der Waals surface area (Å²) in [5.74, 6) is 0.939. The molecule has 0 unspecified atom stereocenters. The molecule has 0 spiro atoms. The average molecular weight is 506 g/mol. The number of hydrogen-bond donors (Lipinski definition) is 0. The molecule has 180 valence electrons. The van der Waals surface area contributed by atoms with Crippen molar-refractivity contribution in [3.8, 4) is 5.75 Å². The van der Waals surface area contributed by atoms with Gasteiger partial charge in [0.2, 0.25) is 0 Å².